The number of nitrogens with zero attached hydrogens (tertiary/aromatic N) is 4. The van der Waals surface area contributed by atoms with E-state index in [0.717, 1.165) is 5.56 Å². The molecule has 0 spiro atoms. The minimum atomic E-state index is -1.16. The lowest BCUT2D eigenvalue weighted by Crippen LogP contribution is -2.41. The molecule has 170 valence electrons. The molecule has 4 N–H and O–H groups in total. The van der Waals surface area contributed by atoms with Crippen LogP contribution in [0, 0.1) is 23.2 Å². The highest BCUT2D eigenvalue weighted by Crippen LogP contribution is 2.67. The number of carbonyl (C=O) groups is 1. The van der Waals surface area contributed by atoms with Crippen LogP contribution < -0.4 is 10.6 Å². The number of rotatable bonds is 5. The molecule has 2 aliphatic rings. The van der Waals surface area contributed by atoms with Crippen molar-refractivity contribution in [3.8, 4) is 11.8 Å². The Morgan fingerprint density at radius 3 is 2.91 bits per heavy atom. The Hall–Kier alpha value is -3.19. The molecule has 2 saturated carbocycles. The topological polar surface area (TPSA) is 125 Å². The largest absolute Gasteiger partial charge is 0.389 e. The number of amides is 1. The molecule has 0 saturated heterocycles. The van der Waals surface area contributed by atoms with Crippen molar-refractivity contribution in [3.05, 3.63) is 47.0 Å². The van der Waals surface area contributed by atoms with Crippen molar-refractivity contribution < 1.29 is 15.0 Å². The fraction of sp³-hybridized carbons (Fsp3) is 0.391. The third-order valence-electron chi connectivity index (χ3n) is 6.65. The van der Waals surface area contributed by atoms with E-state index in [1.54, 1.807) is 17.8 Å². The first-order valence-electron chi connectivity index (χ1n) is 10.6. The Morgan fingerprint density at radius 2 is 2.18 bits per heavy atom. The molecule has 1 aromatic carbocycles. The average Bonchev–Trinajstić information content (AvgIpc) is 3.34. The summed E-state index contributed by atoms with van der Waals surface area (Å²) in [6.45, 7) is 2.16. The molecule has 2 heterocycles. The molecule has 1 amide bonds. The number of carbonyl (C=O) groups excluding carboxylic acids is 1. The van der Waals surface area contributed by atoms with Crippen molar-refractivity contribution in [2.45, 2.75) is 38.1 Å². The molecule has 1 unspecified atom stereocenters. The number of halogens is 1. The summed E-state index contributed by atoms with van der Waals surface area (Å²) in [5, 5.41) is 28.1. The zero-order valence-electron chi connectivity index (χ0n) is 18.1. The van der Waals surface area contributed by atoms with Crippen molar-refractivity contribution in [2.24, 2.45) is 11.3 Å². The van der Waals surface area contributed by atoms with E-state index in [1.807, 2.05) is 24.3 Å². The Morgan fingerprint density at radius 1 is 1.36 bits per heavy atom. The lowest BCUT2D eigenvalue weighted by Gasteiger charge is -2.23. The molecule has 33 heavy (non-hydrogen) atoms. The molecule has 5 atom stereocenters. The van der Waals surface area contributed by atoms with Crippen LogP contribution in [0.15, 0.2) is 30.6 Å². The van der Waals surface area contributed by atoms with E-state index in [2.05, 4.69) is 37.4 Å². The van der Waals surface area contributed by atoms with Gasteiger partial charge in [-0.3, -0.25) is 4.79 Å². The van der Waals surface area contributed by atoms with Gasteiger partial charge in [-0.05, 0) is 37.0 Å². The van der Waals surface area contributed by atoms with Crippen LogP contribution in [0.3, 0.4) is 0 Å². The van der Waals surface area contributed by atoms with Gasteiger partial charge in [-0.15, -0.1) is 0 Å². The molecule has 0 aliphatic heterocycles. The molecule has 9 nitrogen and oxygen atoms in total. The molecule has 0 bridgehead atoms. The van der Waals surface area contributed by atoms with Crippen molar-refractivity contribution in [3.63, 3.8) is 0 Å². The Kier molecular flexibility index (Phi) is 5.24. The first-order chi connectivity index (χ1) is 15.9. The van der Waals surface area contributed by atoms with E-state index in [0.29, 0.717) is 40.8 Å². The quantitative estimate of drug-likeness (QED) is 0.420. The predicted molar refractivity (Wildman–Crippen MR) is 122 cm³/mol. The second-order valence-electron chi connectivity index (χ2n) is 8.43. The van der Waals surface area contributed by atoms with Gasteiger partial charge in [0.05, 0.1) is 23.9 Å². The maximum Gasteiger partial charge on any atom is 0.229 e. The number of hydrogen-bond acceptors (Lipinski definition) is 7. The summed E-state index contributed by atoms with van der Waals surface area (Å²) in [4.78, 5) is 26.0. The maximum absolute atomic E-state index is 12.5. The Bertz CT molecular complexity index is 1310. The third kappa shape index (κ3) is 3.33. The van der Waals surface area contributed by atoms with Gasteiger partial charge >= 0.3 is 0 Å². The first kappa shape index (κ1) is 21.6. The van der Waals surface area contributed by atoms with Crippen LogP contribution in [-0.4, -0.2) is 54.9 Å². The smallest absolute Gasteiger partial charge is 0.229 e. The maximum atomic E-state index is 12.5. The molecule has 5 rings (SSSR count). The molecular formula is C23H23ClN6O3. The van der Waals surface area contributed by atoms with E-state index >= 15 is 0 Å². The number of fused-ring (bicyclic) bond motifs is 2. The van der Waals surface area contributed by atoms with Gasteiger partial charge in [0.25, 0.3) is 0 Å². The van der Waals surface area contributed by atoms with Gasteiger partial charge in [0.15, 0.2) is 17.0 Å². The van der Waals surface area contributed by atoms with Crippen molar-refractivity contribution in [1.29, 1.82) is 0 Å². The fourth-order valence-corrected chi connectivity index (χ4v) is 5.26. The summed E-state index contributed by atoms with van der Waals surface area (Å²) in [6, 6.07) is 6.95. The van der Waals surface area contributed by atoms with Crippen LogP contribution in [0.1, 0.15) is 30.8 Å². The number of aliphatic hydroxyl groups is 2. The lowest BCUT2D eigenvalue weighted by atomic mass is 9.98. The zero-order chi connectivity index (χ0) is 23.3. The molecule has 0 radical (unpaired) electrons. The van der Waals surface area contributed by atoms with Gasteiger partial charge in [-0.1, -0.05) is 29.7 Å². The molecule has 3 aromatic rings. The number of aromatic nitrogens is 4. The summed E-state index contributed by atoms with van der Waals surface area (Å²) in [5.74, 6) is 6.01. The SMILES string of the molecule is CC#Cc1nc(NCc2cccc(Cl)c2)c2ncn([C@@H]3[C@H]4C[C@@]4(C(=O)NC)C(O)[C@@H]3O)c2n1. The number of aliphatic hydroxyl groups excluding tert-OH is 2. The van der Waals surface area contributed by atoms with Crippen LogP contribution in [0.4, 0.5) is 5.82 Å². The van der Waals surface area contributed by atoms with Gasteiger partial charge in [0.1, 0.15) is 6.10 Å². The minimum Gasteiger partial charge on any atom is -0.389 e. The first-order valence-corrected chi connectivity index (χ1v) is 11.0. The molecule has 2 fully saturated rings. The van der Waals surface area contributed by atoms with E-state index in [-0.39, 0.29) is 11.8 Å². The summed E-state index contributed by atoms with van der Waals surface area (Å²) in [7, 11) is 1.53. The second kappa shape index (κ2) is 7.99. The standard InChI is InChI=1S/C23H23ClN6O3/c1-3-5-15-28-20(26-10-12-6-4-7-13(24)8-12)16-21(29-15)30(11-27-16)17-14-9-23(14,22(33)25-2)19(32)18(17)31/h4,6-8,11,14,17-19,31-32H,9-10H2,1-2H3,(H,25,33)(H,26,28,29)/t14-,17-,18-,19?,23+/m1/s1. The highest BCUT2D eigenvalue weighted by atomic mass is 35.5. The highest BCUT2D eigenvalue weighted by molar-refractivity contribution is 6.30. The van der Waals surface area contributed by atoms with Crippen LogP contribution in [-0.2, 0) is 11.3 Å². The number of hydrogen-bond donors (Lipinski definition) is 4. The Balaban J connectivity index is 1.54. The van der Waals surface area contributed by atoms with Gasteiger partial charge in [-0.2, -0.15) is 0 Å². The highest BCUT2D eigenvalue weighted by Gasteiger charge is 2.75. The number of anilines is 1. The normalized spacial score (nSPS) is 27.5. The Labute approximate surface area is 195 Å². The molecular weight excluding hydrogens is 444 g/mol. The summed E-state index contributed by atoms with van der Waals surface area (Å²) < 4.78 is 1.73. The number of imidazole rings is 1. The summed E-state index contributed by atoms with van der Waals surface area (Å²) >= 11 is 6.09. The van der Waals surface area contributed by atoms with E-state index in [4.69, 9.17) is 11.6 Å². The zero-order valence-corrected chi connectivity index (χ0v) is 18.8. The van der Waals surface area contributed by atoms with Crippen molar-refractivity contribution in [1.82, 2.24) is 24.8 Å². The fourth-order valence-electron chi connectivity index (χ4n) is 5.04. The molecule has 10 heteroatoms. The average molecular weight is 467 g/mol. The van der Waals surface area contributed by atoms with E-state index in [1.165, 1.54) is 7.05 Å². The summed E-state index contributed by atoms with van der Waals surface area (Å²) in [5.41, 5.74) is 0.979. The van der Waals surface area contributed by atoms with Crippen molar-refractivity contribution >= 4 is 34.5 Å². The van der Waals surface area contributed by atoms with Crippen LogP contribution >= 0.6 is 11.6 Å². The number of benzene rings is 1. The van der Waals surface area contributed by atoms with Gasteiger partial charge < -0.3 is 25.4 Å². The van der Waals surface area contributed by atoms with E-state index < -0.39 is 23.7 Å². The minimum absolute atomic E-state index is 0.224. The lowest BCUT2D eigenvalue weighted by molar-refractivity contribution is -0.132. The molecule has 2 aromatic heterocycles. The third-order valence-corrected chi connectivity index (χ3v) is 6.89. The van der Waals surface area contributed by atoms with Crippen molar-refractivity contribution in [2.75, 3.05) is 12.4 Å². The van der Waals surface area contributed by atoms with Gasteiger partial charge in [0.2, 0.25) is 11.7 Å². The van der Waals surface area contributed by atoms with Crippen LogP contribution in [0.5, 0.6) is 0 Å². The van der Waals surface area contributed by atoms with Gasteiger partial charge in [-0.25, -0.2) is 15.0 Å². The van der Waals surface area contributed by atoms with E-state index in [9.17, 15) is 15.0 Å². The van der Waals surface area contributed by atoms with Crippen LogP contribution in [0.2, 0.25) is 5.02 Å². The predicted octanol–water partition coefficient (Wildman–Crippen LogP) is 1.49. The number of nitrogens with one attached hydrogen (secondary N) is 2. The van der Waals surface area contributed by atoms with Gasteiger partial charge in [0, 0.05) is 24.5 Å². The monoisotopic (exact) mass is 466 g/mol. The molecule has 2 aliphatic carbocycles. The second-order valence-corrected chi connectivity index (χ2v) is 8.87. The van der Waals surface area contributed by atoms with Crippen LogP contribution in [0.25, 0.3) is 11.2 Å². The summed E-state index contributed by atoms with van der Waals surface area (Å²) in [6.07, 6.45) is -0.229.